The fraction of sp³-hybridized carbons (Fsp3) is 0.188. The van der Waals surface area contributed by atoms with E-state index in [1.165, 1.54) is 17.0 Å². The van der Waals surface area contributed by atoms with Crippen LogP contribution in [0.2, 0.25) is 0 Å². The molecule has 1 amide bonds. The molecule has 2 aromatic rings. The van der Waals surface area contributed by atoms with Gasteiger partial charge in [0.2, 0.25) is 5.91 Å². The van der Waals surface area contributed by atoms with Crippen molar-refractivity contribution in [2.24, 2.45) is 0 Å². The van der Waals surface area contributed by atoms with Gasteiger partial charge in [-0.05, 0) is 11.6 Å². The number of carbonyl (C=O) groups excluding carboxylic acids is 1. The van der Waals surface area contributed by atoms with E-state index in [9.17, 15) is 19.3 Å². The van der Waals surface area contributed by atoms with Gasteiger partial charge in [-0.25, -0.2) is 4.39 Å². The molecule has 6 heteroatoms. The maximum atomic E-state index is 13.6. The predicted octanol–water partition coefficient (Wildman–Crippen LogP) is 2.94. The summed E-state index contributed by atoms with van der Waals surface area (Å²) in [5.41, 5.74) is 0.715. The van der Waals surface area contributed by atoms with Gasteiger partial charge in [0, 0.05) is 18.7 Å². The van der Waals surface area contributed by atoms with E-state index in [-0.39, 0.29) is 24.6 Å². The second kappa shape index (κ2) is 6.80. The molecule has 0 aliphatic carbocycles. The fourth-order valence-electron chi connectivity index (χ4n) is 2.11. The van der Waals surface area contributed by atoms with Crippen LogP contribution in [0.25, 0.3) is 0 Å². The molecule has 2 aromatic carbocycles. The van der Waals surface area contributed by atoms with Crippen LogP contribution in [0.4, 0.5) is 10.1 Å². The Hall–Kier alpha value is -2.76. The van der Waals surface area contributed by atoms with Gasteiger partial charge in [0.25, 0.3) is 5.69 Å². The lowest BCUT2D eigenvalue weighted by Gasteiger charge is -2.17. The number of hydrogen-bond acceptors (Lipinski definition) is 3. The summed E-state index contributed by atoms with van der Waals surface area (Å²) >= 11 is 0. The number of nitrogens with zero attached hydrogens (tertiary/aromatic N) is 2. The van der Waals surface area contributed by atoms with Gasteiger partial charge in [-0.15, -0.1) is 0 Å². The quantitative estimate of drug-likeness (QED) is 0.630. The highest BCUT2D eigenvalue weighted by Gasteiger charge is 2.17. The van der Waals surface area contributed by atoms with E-state index in [0.717, 1.165) is 0 Å². The van der Waals surface area contributed by atoms with E-state index in [1.807, 2.05) is 0 Å². The smallest absolute Gasteiger partial charge is 0.274 e. The molecule has 2 rings (SSSR count). The number of nitro benzene ring substituents is 1. The minimum absolute atomic E-state index is 0.0342. The van der Waals surface area contributed by atoms with Gasteiger partial charge in [0.05, 0.1) is 17.9 Å². The first-order valence-corrected chi connectivity index (χ1v) is 6.68. The molecule has 0 saturated carbocycles. The van der Waals surface area contributed by atoms with E-state index in [4.69, 9.17) is 0 Å². The average Bonchev–Trinajstić information content (AvgIpc) is 2.49. The number of nitro groups is 1. The Balaban J connectivity index is 2.09. The molecule has 0 N–H and O–H groups in total. The van der Waals surface area contributed by atoms with Gasteiger partial charge in [-0.2, -0.15) is 0 Å². The van der Waals surface area contributed by atoms with Crippen LogP contribution in [0.5, 0.6) is 0 Å². The summed E-state index contributed by atoms with van der Waals surface area (Å²) in [5, 5.41) is 11.0. The van der Waals surface area contributed by atoms with E-state index in [2.05, 4.69) is 0 Å². The summed E-state index contributed by atoms with van der Waals surface area (Å²) in [5.74, 6) is -0.738. The first-order chi connectivity index (χ1) is 10.5. The Morgan fingerprint density at radius 1 is 1.14 bits per heavy atom. The molecule has 0 heterocycles. The highest BCUT2D eigenvalue weighted by Crippen LogP contribution is 2.19. The van der Waals surface area contributed by atoms with Gasteiger partial charge in [-0.1, -0.05) is 36.4 Å². The van der Waals surface area contributed by atoms with Crippen molar-refractivity contribution >= 4 is 11.6 Å². The zero-order chi connectivity index (χ0) is 16.1. The minimum Gasteiger partial charge on any atom is -0.341 e. The predicted molar refractivity (Wildman–Crippen MR) is 79.7 cm³/mol. The second-order valence-electron chi connectivity index (χ2n) is 4.90. The summed E-state index contributed by atoms with van der Waals surface area (Å²) in [4.78, 5) is 24.0. The molecule has 0 aromatic heterocycles. The number of halogens is 1. The normalized spacial score (nSPS) is 10.3. The van der Waals surface area contributed by atoms with Gasteiger partial charge in [-0.3, -0.25) is 14.9 Å². The average molecular weight is 302 g/mol. The number of benzene rings is 2. The maximum Gasteiger partial charge on any atom is 0.274 e. The molecular formula is C16H15FN2O3. The Bertz CT molecular complexity index is 703. The second-order valence-corrected chi connectivity index (χ2v) is 4.90. The Morgan fingerprint density at radius 2 is 1.73 bits per heavy atom. The molecule has 0 aliphatic heterocycles. The monoisotopic (exact) mass is 302 g/mol. The molecule has 0 fully saturated rings. The van der Waals surface area contributed by atoms with Crippen molar-refractivity contribution in [1.29, 1.82) is 0 Å². The summed E-state index contributed by atoms with van der Waals surface area (Å²) < 4.78 is 13.6. The van der Waals surface area contributed by atoms with Crippen LogP contribution in [0, 0.1) is 15.9 Å². The first kappa shape index (κ1) is 15.6. The van der Waals surface area contributed by atoms with E-state index in [0.29, 0.717) is 11.1 Å². The van der Waals surface area contributed by atoms with Crippen molar-refractivity contribution in [2.45, 2.75) is 13.0 Å². The van der Waals surface area contributed by atoms with Crippen LogP contribution >= 0.6 is 0 Å². The van der Waals surface area contributed by atoms with Crippen LogP contribution < -0.4 is 0 Å². The van der Waals surface area contributed by atoms with Gasteiger partial charge >= 0.3 is 0 Å². The summed E-state index contributed by atoms with van der Waals surface area (Å²) in [7, 11) is 1.54. The highest BCUT2D eigenvalue weighted by molar-refractivity contribution is 5.78. The molecule has 0 aliphatic rings. The molecule has 0 radical (unpaired) electrons. The van der Waals surface area contributed by atoms with Crippen molar-refractivity contribution in [2.75, 3.05) is 7.05 Å². The Morgan fingerprint density at radius 3 is 2.36 bits per heavy atom. The summed E-state index contributed by atoms with van der Waals surface area (Å²) in [6, 6.07) is 12.3. The van der Waals surface area contributed by atoms with Crippen molar-refractivity contribution < 1.29 is 14.1 Å². The van der Waals surface area contributed by atoms with Crippen molar-refractivity contribution in [3.63, 3.8) is 0 Å². The van der Waals surface area contributed by atoms with Crippen molar-refractivity contribution in [3.8, 4) is 0 Å². The third-order valence-electron chi connectivity index (χ3n) is 3.32. The van der Waals surface area contributed by atoms with Gasteiger partial charge < -0.3 is 4.90 Å². The fourth-order valence-corrected chi connectivity index (χ4v) is 2.11. The molecule has 5 nitrogen and oxygen atoms in total. The molecule has 114 valence electrons. The van der Waals surface area contributed by atoms with Gasteiger partial charge in [0.1, 0.15) is 5.82 Å². The molecule has 0 spiro atoms. The highest BCUT2D eigenvalue weighted by atomic mass is 19.1. The first-order valence-electron chi connectivity index (χ1n) is 6.68. The zero-order valence-corrected chi connectivity index (χ0v) is 12.0. The van der Waals surface area contributed by atoms with Crippen LogP contribution in [0.3, 0.4) is 0 Å². The lowest BCUT2D eigenvalue weighted by Crippen LogP contribution is -2.28. The zero-order valence-electron chi connectivity index (χ0n) is 12.0. The maximum absolute atomic E-state index is 13.6. The number of para-hydroxylation sites is 1. The third kappa shape index (κ3) is 3.66. The van der Waals surface area contributed by atoms with Crippen molar-refractivity contribution in [1.82, 2.24) is 4.90 Å². The van der Waals surface area contributed by atoms with E-state index in [1.54, 1.807) is 43.4 Å². The van der Waals surface area contributed by atoms with Crippen LogP contribution in [-0.2, 0) is 17.8 Å². The number of carbonyl (C=O) groups is 1. The summed E-state index contributed by atoms with van der Waals surface area (Å²) in [6.07, 6.45) is -0.0796. The van der Waals surface area contributed by atoms with Gasteiger partial charge in [0.15, 0.2) is 0 Å². The molecular weight excluding hydrogens is 287 g/mol. The topological polar surface area (TPSA) is 63.4 Å². The lowest BCUT2D eigenvalue weighted by atomic mass is 10.1. The molecule has 22 heavy (non-hydrogen) atoms. The van der Waals surface area contributed by atoms with Crippen molar-refractivity contribution in [3.05, 3.63) is 75.6 Å². The Labute approximate surface area is 127 Å². The number of hydrogen-bond donors (Lipinski definition) is 0. The third-order valence-corrected chi connectivity index (χ3v) is 3.32. The Kier molecular flexibility index (Phi) is 4.83. The molecule has 0 bridgehead atoms. The van der Waals surface area contributed by atoms with E-state index >= 15 is 0 Å². The number of amides is 1. The molecule has 0 atom stereocenters. The summed E-state index contributed by atoms with van der Waals surface area (Å²) in [6.45, 7) is 0.102. The van der Waals surface area contributed by atoms with Crippen LogP contribution in [-0.4, -0.2) is 22.8 Å². The van der Waals surface area contributed by atoms with Crippen LogP contribution in [0.15, 0.2) is 48.5 Å². The molecule has 0 saturated heterocycles. The number of likely N-dealkylation sites (N-methyl/N-ethyl adjacent to an activating group) is 1. The number of rotatable bonds is 5. The SMILES string of the molecule is CN(Cc1ccccc1[N+](=O)[O-])C(=O)Cc1ccccc1F. The lowest BCUT2D eigenvalue weighted by molar-refractivity contribution is -0.385. The van der Waals surface area contributed by atoms with E-state index < -0.39 is 10.7 Å². The standard InChI is InChI=1S/C16H15FN2O3/c1-18(11-13-7-3-5-9-15(13)19(21)22)16(20)10-12-6-2-4-8-14(12)17/h2-9H,10-11H2,1H3. The minimum atomic E-state index is -0.482. The largest absolute Gasteiger partial charge is 0.341 e. The van der Waals surface area contributed by atoms with Crippen LogP contribution in [0.1, 0.15) is 11.1 Å². The molecule has 0 unspecified atom stereocenters.